The molecule has 1 aliphatic heterocycles. The van der Waals surface area contributed by atoms with E-state index in [2.05, 4.69) is 17.4 Å². The fourth-order valence-corrected chi connectivity index (χ4v) is 2.83. The lowest BCUT2D eigenvalue weighted by molar-refractivity contribution is 0.0644. The van der Waals surface area contributed by atoms with E-state index in [4.69, 9.17) is 4.52 Å². The third-order valence-corrected chi connectivity index (χ3v) is 3.91. The molecule has 0 unspecified atom stereocenters. The van der Waals surface area contributed by atoms with Crippen molar-refractivity contribution in [3.63, 3.8) is 0 Å². The highest BCUT2D eigenvalue weighted by Gasteiger charge is 2.30. The maximum absolute atomic E-state index is 12.5. The van der Waals surface area contributed by atoms with E-state index in [1.165, 1.54) is 0 Å². The Morgan fingerprint density at radius 2 is 2.21 bits per heavy atom. The number of halogens is 1. The molecule has 0 aromatic carbocycles. The van der Waals surface area contributed by atoms with Gasteiger partial charge >= 0.3 is 0 Å². The highest BCUT2D eigenvalue weighted by atomic mass is 35.5. The van der Waals surface area contributed by atoms with Gasteiger partial charge in [0.05, 0.1) is 0 Å². The highest BCUT2D eigenvalue weighted by Crippen LogP contribution is 2.25. The number of carbonyl (C=O) groups excluding carboxylic acids is 1. The molecule has 1 aromatic rings. The van der Waals surface area contributed by atoms with Gasteiger partial charge in [-0.05, 0) is 26.2 Å². The largest absolute Gasteiger partial charge is 0.360 e. The fraction of sp³-hybridized carbons (Fsp3) is 0.692. The molecule has 1 aliphatic carbocycles. The molecule has 2 heterocycles. The van der Waals surface area contributed by atoms with Gasteiger partial charge < -0.3 is 14.7 Å². The summed E-state index contributed by atoms with van der Waals surface area (Å²) in [6.45, 7) is 4.53. The summed E-state index contributed by atoms with van der Waals surface area (Å²) in [6.07, 6.45) is 4.12. The van der Waals surface area contributed by atoms with Crippen LogP contribution in [0.3, 0.4) is 0 Å². The lowest BCUT2D eigenvalue weighted by Gasteiger charge is -2.33. The number of amides is 1. The van der Waals surface area contributed by atoms with Crippen LogP contribution in [-0.4, -0.2) is 41.6 Å². The molecule has 19 heavy (non-hydrogen) atoms. The van der Waals surface area contributed by atoms with Gasteiger partial charge in [-0.15, -0.1) is 12.4 Å². The zero-order valence-corrected chi connectivity index (χ0v) is 12.0. The monoisotopic (exact) mass is 285 g/mol. The molecule has 106 valence electrons. The van der Waals surface area contributed by atoms with E-state index in [0.717, 1.165) is 56.6 Å². The van der Waals surface area contributed by atoms with Crippen LogP contribution < -0.4 is 5.32 Å². The van der Waals surface area contributed by atoms with Gasteiger partial charge in [0.1, 0.15) is 5.76 Å². The van der Waals surface area contributed by atoms with Crippen molar-refractivity contribution in [3.8, 4) is 0 Å². The highest BCUT2D eigenvalue weighted by molar-refractivity contribution is 5.94. The van der Waals surface area contributed by atoms with Crippen molar-refractivity contribution in [3.05, 3.63) is 17.0 Å². The van der Waals surface area contributed by atoms with Crippen molar-refractivity contribution in [2.24, 2.45) is 0 Å². The number of carbonyl (C=O) groups is 1. The summed E-state index contributed by atoms with van der Waals surface area (Å²) in [4.78, 5) is 14.4. The van der Waals surface area contributed by atoms with E-state index in [9.17, 15) is 4.79 Å². The second-order valence-electron chi connectivity index (χ2n) is 5.19. The molecule has 1 atom stereocenters. The van der Waals surface area contributed by atoms with E-state index in [1.54, 1.807) is 0 Å². The third-order valence-electron chi connectivity index (χ3n) is 3.91. The van der Waals surface area contributed by atoms with E-state index >= 15 is 0 Å². The Hall–Kier alpha value is -1.07. The molecule has 1 fully saturated rings. The lowest BCUT2D eigenvalue weighted by atomic mass is 9.96. The van der Waals surface area contributed by atoms with Crippen LogP contribution >= 0.6 is 12.4 Å². The standard InChI is InChI=1S/C13H19N3O2.ClH/c1-9-8-14-6-7-16(9)13(17)12-10-4-2-3-5-11(10)18-15-12;/h9,14H,2-8H2,1H3;1H/t9-;/m0./s1. The van der Waals surface area contributed by atoms with Gasteiger partial charge in [0, 0.05) is 37.7 Å². The maximum atomic E-state index is 12.5. The Labute approximate surface area is 119 Å². The van der Waals surface area contributed by atoms with Crippen molar-refractivity contribution in [2.75, 3.05) is 19.6 Å². The molecule has 1 N–H and O–H groups in total. The Kier molecular flexibility index (Phi) is 4.47. The number of piperazine rings is 1. The summed E-state index contributed by atoms with van der Waals surface area (Å²) < 4.78 is 5.32. The van der Waals surface area contributed by atoms with Crippen molar-refractivity contribution >= 4 is 18.3 Å². The van der Waals surface area contributed by atoms with Gasteiger partial charge in [-0.2, -0.15) is 0 Å². The van der Waals surface area contributed by atoms with Gasteiger partial charge in [0.2, 0.25) is 0 Å². The zero-order valence-electron chi connectivity index (χ0n) is 11.1. The maximum Gasteiger partial charge on any atom is 0.276 e. The topological polar surface area (TPSA) is 58.4 Å². The van der Waals surface area contributed by atoms with E-state index in [1.807, 2.05) is 4.90 Å². The second-order valence-corrected chi connectivity index (χ2v) is 5.19. The number of rotatable bonds is 1. The summed E-state index contributed by atoms with van der Waals surface area (Å²) in [5, 5.41) is 7.31. The van der Waals surface area contributed by atoms with Crippen molar-refractivity contribution in [2.45, 2.75) is 38.6 Å². The lowest BCUT2D eigenvalue weighted by Crippen LogP contribution is -2.52. The second kappa shape index (κ2) is 5.92. The van der Waals surface area contributed by atoms with E-state index < -0.39 is 0 Å². The van der Waals surface area contributed by atoms with Crippen LogP contribution in [-0.2, 0) is 12.8 Å². The number of hydrogen-bond acceptors (Lipinski definition) is 4. The molecule has 0 saturated carbocycles. The SMILES string of the molecule is C[C@H]1CNCCN1C(=O)c1noc2c1CCCC2.Cl. The number of nitrogens with one attached hydrogen (secondary N) is 1. The van der Waals surface area contributed by atoms with E-state index in [0.29, 0.717) is 5.69 Å². The molecule has 0 radical (unpaired) electrons. The van der Waals surface area contributed by atoms with Crippen molar-refractivity contribution in [1.29, 1.82) is 0 Å². The molecule has 1 saturated heterocycles. The van der Waals surface area contributed by atoms with Crippen molar-refractivity contribution in [1.82, 2.24) is 15.4 Å². The first kappa shape index (κ1) is 14.3. The van der Waals surface area contributed by atoms with Crippen LogP contribution in [0.2, 0.25) is 0 Å². The van der Waals surface area contributed by atoms with Crippen LogP contribution in [0.5, 0.6) is 0 Å². The minimum absolute atomic E-state index is 0. The van der Waals surface area contributed by atoms with Crippen LogP contribution in [0.1, 0.15) is 41.6 Å². The molecule has 3 rings (SSSR count). The molecule has 0 spiro atoms. The summed E-state index contributed by atoms with van der Waals surface area (Å²) in [5.74, 6) is 0.961. The van der Waals surface area contributed by atoms with Crippen molar-refractivity contribution < 1.29 is 9.32 Å². The Balaban J connectivity index is 0.00000133. The summed E-state index contributed by atoms with van der Waals surface area (Å²) in [5.41, 5.74) is 1.61. The Morgan fingerprint density at radius 1 is 1.42 bits per heavy atom. The molecular weight excluding hydrogens is 266 g/mol. The molecule has 1 amide bonds. The number of aryl methyl sites for hydroxylation is 1. The van der Waals surface area contributed by atoms with Gasteiger partial charge in [-0.3, -0.25) is 4.79 Å². The quantitative estimate of drug-likeness (QED) is 0.848. The van der Waals surface area contributed by atoms with Crippen LogP contribution in [0.15, 0.2) is 4.52 Å². The van der Waals surface area contributed by atoms with Gasteiger partial charge in [0.15, 0.2) is 5.69 Å². The number of aromatic nitrogens is 1. The number of hydrogen-bond donors (Lipinski definition) is 1. The molecule has 6 heteroatoms. The first-order chi connectivity index (χ1) is 8.77. The van der Waals surface area contributed by atoms with Gasteiger partial charge in [-0.25, -0.2) is 0 Å². The predicted molar refractivity (Wildman–Crippen MR) is 73.8 cm³/mol. The molecule has 5 nitrogen and oxygen atoms in total. The van der Waals surface area contributed by atoms with Crippen LogP contribution in [0, 0.1) is 0 Å². The minimum Gasteiger partial charge on any atom is -0.360 e. The minimum atomic E-state index is 0. The Bertz CT molecular complexity index is 461. The smallest absolute Gasteiger partial charge is 0.276 e. The Morgan fingerprint density at radius 3 is 3.00 bits per heavy atom. The normalized spacial score (nSPS) is 22.6. The molecule has 0 bridgehead atoms. The average molecular weight is 286 g/mol. The fourth-order valence-electron chi connectivity index (χ4n) is 2.83. The molecular formula is C13H20ClN3O2. The van der Waals surface area contributed by atoms with Gasteiger partial charge in [-0.1, -0.05) is 5.16 Å². The number of fused-ring (bicyclic) bond motifs is 1. The summed E-state index contributed by atoms with van der Waals surface area (Å²) >= 11 is 0. The van der Waals surface area contributed by atoms with E-state index in [-0.39, 0.29) is 24.4 Å². The molecule has 2 aliphatic rings. The third kappa shape index (κ3) is 2.62. The summed E-state index contributed by atoms with van der Waals surface area (Å²) in [6, 6.07) is 0.224. The zero-order chi connectivity index (χ0) is 12.5. The van der Waals surface area contributed by atoms with Crippen LogP contribution in [0.25, 0.3) is 0 Å². The first-order valence-electron chi connectivity index (χ1n) is 6.76. The number of nitrogens with zero attached hydrogens (tertiary/aromatic N) is 2. The van der Waals surface area contributed by atoms with Gasteiger partial charge in [0.25, 0.3) is 5.91 Å². The average Bonchev–Trinajstić information content (AvgIpc) is 2.82. The first-order valence-corrected chi connectivity index (χ1v) is 6.76. The predicted octanol–water partition coefficient (Wildman–Crippen LogP) is 1.41. The summed E-state index contributed by atoms with van der Waals surface area (Å²) in [7, 11) is 0. The molecule has 1 aromatic heterocycles. The van der Waals surface area contributed by atoms with Crippen LogP contribution in [0.4, 0.5) is 0 Å².